The minimum absolute atomic E-state index is 0.223. The third-order valence-corrected chi connectivity index (χ3v) is 3.71. The van der Waals surface area contributed by atoms with E-state index in [0.29, 0.717) is 17.2 Å². The maximum absolute atomic E-state index is 12.1. The molecule has 1 heterocycles. The summed E-state index contributed by atoms with van der Waals surface area (Å²) < 4.78 is 0. The fourth-order valence-electron chi connectivity index (χ4n) is 1.85. The highest BCUT2D eigenvalue weighted by molar-refractivity contribution is 7.10. The van der Waals surface area contributed by atoms with E-state index in [2.05, 4.69) is 5.32 Å². The van der Waals surface area contributed by atoms with E-state index in [-0.39, 0.29) is 18.4 Å². The van der Waals surface area contributed by atoms with Crippen LogP contribution in [0.4, 0.5) is 0 Å². The molecule has 6 heteroatoms. The van der Waals surface area contributed by atoms with Gasteiger partial charge >= 0.3 is 5.97 Å². The van der Waals surface area contributed by atoms with Gasteiger partial charge in [0.1, 0.15) is 0 Å². The lowest BCUT2D eigenvalue weighted by Gasteiger charge is -2.20. The van der Waals surface area contributed by atoms with Crippen molar-refractivity contribution in [3.05, 3.63) is 22.4 Å². The number of hydrogen-bond acceptors (Lipinski definition) is 4. The van der Waals surface area contributed by atoms with Gasteiger partial charge in [-0.2, -0.15) is 0 Å². The lowest BCUT2D eigenvalue weighted by Crippen LogP contribution is -2.40. The number of carbonyl (C=O) groups excluding carboxylic acids is 1. The summed E-state index contributed by atoms with van der Waals surface area (Å²) in [5.74, 6) is -1.36. The molecule has 5 nitrogen and oxygen atoms in total. The monoisotopic (exact) mass is 284 g/mol. The average Bonchev–Trinajstić information content (AvgIpc) is 2.85. The zero-order valence-corrected chi connectivity index (χ0v) is 11.9. The fourth-order valence-corrected chi connectivity index (χ4v) is 2.62. The average molecular weight is 284 g/mol. The van der Waals surface area contributed by atoms with Crippen LogP contribution in [0.15, 0.2) is 17.5 Å². The number of carboxylic acid groups (broad SMARTS) is 1. The normalized spacial score (nSPS) is 14.1. The molecule has 106 valence electrons. The number of nitrogens with one attached hydrogen (secondary N) is 1. The molecule has 2 atom stereocenters. The molecule has 0 aromatic carbocycles. The van der Waals surface area contributed by atoms with Gasteiger partial charge in [0.05, 0.1) is 5.92 Å². The van der Waals surface area contributed by atoms with Crippen molar-refractivity contribution in [2.24, 2.45) is 17.6 Å². The minimum Gasteiger partial charge on any atom is -0.479 e. The molecule has 1 rings (SSSR count). The van der Waals surface area contributed by atoms with E-state index in [0.717, 1.165) is 0 Å². The van der Waals surface area contributed by atoms with Gasteiger partial charge in [0.2, 0.25) is 5.91 Å². The van der Waals surface area contributed by atoms with E-state index in [9.17, 15) is 14.7 Å². The second-order valence-electron chi connectivity index (χ2n) is 4.86. The largest absolute Gasteiger partial charge is 0.479 e. The fraction of sp³-hybridized carbons (Fsp3) is 0.538. The van der Waals surface area contributed by atoms with Gasteiger partial charge in [-0.1, -0.05) is 19.9 Å². The van der Waals surface area contributed by atoms with Crippen LogP contribution in [0.25, 0.3) is 0 Å². The third-order valence-electron chi connectivity index (χ3n) is 2.77. The molecule has 0 saturated carbocycles. The molecule has 4 N–H and O–H groups in total. The van der Waals surface area contributed by atoms with Crippen LogP contribution in [0, 0.1) is 11.8 Å². The van der Waals surface area contributed by atoms with Crippen molar-refractivity contribution in [2.45, 2.75) is 26.3 Å². The number of carbonyl (C=O) groups is 2. The highest BCUT2D eigenvalue weighted by Gasteiger charge is 2.26. The number of hydrogen-bond donors (Lipinski definition) is 3. The lowest BCUT2D eigenvalue weighted by molar-refractivity contribution is -0.142. The zero-order chi connectivity index (χ0) is 14.4. The summed E-state index contributed by atoms with van der Waals surface area (Å²) in [6.07, 6.45) is 0.652. The Balaban J connectivity index is 2.74. The van der Waals surface area contributed by atoms with Gasteiger partial charge in [-0.25, -0.2) is 4.79 Å². The van der Waals surface area contributed by atoms with Gasteiger partial charge < -0.3 is 16.2 Å². The summed E-state index contributed by atoms with van der Waals surface area (Å²) >= 11 is 1.31. The van der Waals surface area contributed by atoms with Crippen LogP contribution in [-0.4, -0.2) is 23.5 Å². The number of nitrogens with two attached hydrogens (primary N) is 1. The topological polar surface area (TPSA) is 92.4 Å². The molecule has 19 heavy (non-hydrogen) atoms. The van der Waals surface area contributed by atoms with Gasteiger partial charge in [0.15, 0.2) is 6.04 Å². The number of aliphatic carboxylic acids is 1. The highest BCUT2D eigenvalue weighted by atomic mass is 32.1. The van der Waals surface area contributed by atoms with Crippen molar-refractivity contribution in [3.63, 3.8) is 0 Å². The SMILES string of the molecule is CC(C)CC(CN)C(=O)NC(C(=O)O)c1cccs1. The Morgan fingerprint density at radius 3 is 2.58 bits per heavy atom. The van der Waals surface area contributed by atoms with Gasteiger partial charge in [0.25, 0.3) is 0 Å². The standard InChI is InChI=1S/C13H20N2O3S/c1-8(2)6-9(7-14)12(16)15-11(13(17)18)10-4-3-5-19-10/h3-5,8-9,11H,6-7,14H2,1-2H3,(H,15,16)(H,17,18). The van der Waals surface area contributed by atoms with Crippen molar-refractivity contribution >= 4 is 23.2 Å². The molecule has 1 amide bonds. The molecule has 0 spiro atoms. The molecular formula is C13H20N2O3S. The Morgan fingerprint density at radius 2 is 2.16 bits per heavy atom. The molecular weight excluding hydrogens is 264 g/mol. The summed E-state index contributed by atoms with van der Waals surface area (Å²) in [7, 11) is 0. The summed E-state index contributed by atoms with van der Waals surface area (Å²) in [6.45, 7) is 4.23. The first-order chi connectivity index (χ1) is 8.95. The predicted molar refractivity (Wildman–Crippen MR) is 74.8 cm³/mol. The summed E-state index contributed by atoms with van der Waals surface area (Å²) in [6, 6.07) is 2.47. The molecule has 0 aliphatic carbocycles. The van der Waals surface area contributed by atoms with E-state index in [1.165, 1.54) is 11.3 Å². The van der Waals surface area contributed by atoms with Crippen LogP contribution < -0.4 is 11.1 Å². The van der Waals surface area contributed by atoms with Crippen LogP contribution >= 0.6 is 11.3 Å². The second kappa shape index (κ2) is 7.25. The molecule has 0 bridgehead atoms. The van der Waals surface area contributed by atoms with Crippen LogP contribution in [0.1, 0.15) is 31.2 Å². The van der Waals surface area contributed by atoms with Crippen LogP contribution in [0.3, 0.4) is 0 Å². The van der Waals surface area contributed by atoms with E-state index in [4.69, 9.17) is 5.73 Å². The number of thiophene rings is 1. The van der Waals surface area contributed by atoms with Crippen LogP contribution in [0.2, 0.25) is 0 Å². The smallest absolute Gasteiger partial charge is 0.331 e. The lowest BCUT2D eigenvalue weighted by atomic mass is 9.96. The number of amides is 1. The summed E-state index contributed by atoms with van der Waals surface area (Å²) in [5, 5.41) is 13.5. The maximum atomic E-state index is 12.1. The zero-order valence-electron chi connectivity index (χ0n) is 11.1. The van der Waals surface area contributed by atoms with Gasteiger partial charge in [-0.3, -0.25) is 4.79 Å². The van der Waals surface area contributed by atoms with Gasteiger partial charge in [0, 0.05) is 11.4 Å². The van der Waals surface area contributed by atoms with Crippen molar-refractivity contribution in [2.75, 3.05) is 6.54 Å². The van der Waals surface area contributed by atoms with Crippen molar-refractivity contribution in [1.29, 1.82) is 0 Å². The molecule has 1 aromatic rings. The molecule has 2 unspecified atom stereocenters. The van der Waals surface area contributed by atoms with E-state index < -0.39 is 12.0 Å². The van der Waals surface area contributed by atoms with Crippen LogP contribution in [0.5, 0.6) is 0 Å². The number of carboxylic acids is 1. The number of rotatable bonds is 7. The Kier molecular flexibility index (Phi) is 5.98. The molecule has 0 saturated heterocycles. The maximum Gasteiger partial charge on any atom is 0.331 e. The van der Waals surface area contributed by atoms with E-state index >= 15 is 0 Å². The van der Waals surface area contributed by atoms with Crippen molar-refractivity contribution in [3.8, 4) is 0 Å². The molecule has 0 aliphatic heterocycles. The Labute approximate surface area is 116 Å². The van der Waals surface area contributed by atoms with Gasteiger partial charge in [-0.05, 0) is 23.8 Å². The van der Waals surface area contributed by atoms with Crippen molar-refractivity contribution < 1.29 is 14.7 Å². The summed E-state index contributed by atoms with van der Waals surface area (Å²) in [4.78, 5) is 23.9. The first-order valence-electron chi connectivity index (χ1n) is 6.22. The van der Waals surface area contributed by atoms with Crippen LogP contribution in [-0.2, 0) is 9.59 Å². The molecule has 0 aliphatic rings. The third kappa shape index (κ3) is 4.65. The van der Waals surface area contributed by atoms with E-state index in [1.807, 2.05) is 13.8 Å². The Morgan fingerprint density at radius 1 is 1.47 bits per heavy atom. The predicted octanol–water partition coefficient (Wildman–Crippen LogP) is 1.61. The van der Waals surface area contributed by atoms with Crippen molar-refractivity contribution in [1.82, 2.24) is 5.32 Å². The summed E-state index contributed by atoms with van der Waals surface area (Å²) in [5.41, 5.74) is 5.59. The second-order valence-corrected chi connectivity index (χ2v) is 5.84. The van der Waals surface area contributed by atoms with E-state index in [1.54, 1.807) is 17.5 Å². The molecule has 0 radical (unpaired) electrons. The molecule has 0 fully saturated rings. The first kappa shape index (κ1) is 15.7. The van der Waals surface area contributed by atoms with Gasteiger partial charge in [-0.15, -0.1) is 11.3 Å². The Hall–Kier alpha value is -1.40. The quantitative estimate of drug-likeness (QED) is 0.709. The highest BCUT2D eigenvalue weighted by Crippen LogP contribution is 2.20. The minimum atomic E-state index is -1.06. The first-order valence-corrected chi connectivity index (χ1v) is 7.10. The Bertz CT molecular complexity index is 418. The molecule has 1 aromatic heterocycles.